The summed E-state index contributed by atoms with van der Waals surface area (Å²) in [5.74, 6) is 0. The van der Waals surface area contributed by atoms with E-state index in [2.05, 4.69) is 110 Å². The fraction of sp³-hybridized carbons (Fsp3) is 0.0833. The summed E-state index contributed by atoms with van der Waals surface area (Å²) in [5, 5.41) is 2.56. The third-order valence-electron chi connectivity index (χ3n) is 4.65. The Labute approximate surface area is 149 Å². The fourth-order valence-corrected chi connectivity index (χ4v) is 3.31. The molecule has 4 aromatic carbocycles. The maximum absolute atomic E-state index is 2.28. The zero-order valence-corrected chi connectivity index (χ0v) is 14.6. The van der Waals surface area contributed by atoms with Gasteiger partial charge in [-0.3, -0.25) is 0 Å². The van der Waals surface area contributed by atoms with Gasteiger partial charge in [0.05, 0.1) is 0 Å². The quantitative estimate of drug-likeness (QED) is 0.431. The third-order valence-corrected chi connectivity index (χ3v) is 4.65. The van der Waals surface area contributed by atoms with Crippen LogP contribution < -0.4 is 4.90 Å². The van der Waals surface area contributed by atoms with Crippen LogP contribution in [0.15, 0.2) is 91.0 Å². The molecule has 122 valence electrons. The molecule has 0 radical (unpaired) electrons. The van der Waals surface area contributed by atoms with Gasteiger partial charge in [0.25, 0.3) is 0 Å². The van der Waals surface area contributed by atoms with Crippen molar-refractivity contribution >= 4 is 16.5 Å². The lowest BCUT2D eigenvalue weighted by Gasteiger charge is -2.17. The predicted octanol–water partition coefficient (Wildman–Crippen LogP) is 6.24. The number of fused-ring (bicyclic) bond motifs is 1. The molecule has 0 aliphatic rings. The maximum atomic E-state index is 2.28. The molecule has 0 aliphatic carbocycles. The van der Waals surface area contributed by atoms with Gasteiger partial charge in [-0.2, -0.15) is 0 Å². The van der Waals surface area contributed by atoms with Gasteiger partial charge >= 0.3 is 0 Å². The highest BCUT2D eigenvalue weighted by Gasteiger charge is 2.07. The normalized spacial score (nSPS) is 10.8. The Bertz CT molecular complexity index is 999. The number of rotatable bonds is 3. The predicted molar refractivity (Wildman–Crippen MR) is 109 cm³/mol. The summed E-state index contributed by atoms with van der Waals surface area (Å²) in [6.45, 7) is 0. The first-order valence-corrected chi connectivity index (χ1v) is 8.58. The molecule has 4 aromatic rings. The molecule has 0 spiro atoms. The van der Waals surface area contributed by atoms with Crippen molar-refractivity contribution in [2.45, 2.75) is 0 Å². The second kappa shape index (κ2) is 6.45. The van der Waals surface area contributed by atoms with E-state index in [1.54, 1.807) is 0 Å². The Balaban J connectivity index is 1.79. The number of benzene rings is 4. The second-order valence-corrected chi connectivity index (χ2v) is 6.55. The number of hydrogen-bond acceptors (Lipinski definition) is 1. The van der Waals surface area contributed by atoms with Crippen molar-refractivity contribution in [3.63, 3.8) is 0 Å². The standard InChI is InChI=1S/C24H21N/c1-25(2)24-17-22(16-21-10-6-7-11-23(21)24)20-14-12-19(13-15-20)18-8-4-3-5-9-18/h3-17H,1-2H3. The highest BCUT2D eigenvalue weighted by atomic mass is 15.1. The Morgan fingerprint density at radius 1 is 0.520 bits per heavy atom. The molecule has 0 unspecified atom stereocenters. The van der Waals surface area contributed by atoms with E-state index in [1.807, 2.05) is 0 Å². The van der Waals surface area contributed by atoms with E-state index in [0.29, 0.717) is 0 Å². The first kappa shape index (κ1) is 15.5. The van der Waals surface area contributed by atoms with Gasteiger partial charge < -0.3 is 4.90 Å². The van der Waals surface area contributed by atoms with E-state index in [0.717, 1.165) is 0 Å². The average molecular weight is 323 g/mol. The minimum absolute atomic E-state index is 1.24. The smallest absolute Gasteiger partial charge is 0.0446 e. The molecule has 0 bridgehead atoms. The lowest BCUT2D eigenvalue weighted by Crippen LogP contribution is -2.09. The van der Waals surface area contributed by atoms with Crippen molar-refractivity contribution in [2.75, 3.05) is 19.0 Å². The lowest BCUT2D eigenvalue weighted by molar-refractivity contribution is 1.14. The van der Waals surface area contributed by atoms with Gasteiger partial charge in [-0.05, 0) is 39.8 Å². The minimum Gasteiger partial charge on any atom is -0.377 e. The highest BCUT2D eigenvalue weighted by Crippen LogP contribution is 2.33. The molecule has 25 heavy (non-hydrogen) atoms. The third kappa shape index (κ3) is 3.01. The molecule has 1 heteroatoms. The fourth-order valence-electron chi connectivity index (χ4n) is 3.31. The molecule has 0 aromatic heterocycles. The number of anilines is 1. The van der Waals surface area contributed by atoms with Crippen molar-refractivity contribution < 1.29 is 0 Å². The maximum Gasteiger partial charge on any atom is 0.0446 e. The van der Waals surface area contributed by atoms with Crippen molar-refractivity contribution in [3.05, 3.63) is 91.0 Å². The van der Waals surface area contributed by atoms with Crippen LogP contribution in [0.25, 0.3) is 33.0 Å². The van der Waals surface area contributed by atoms with Crippen LogP contribution in [0.2, 0.25) is 0 Å². The molecular weight excluding hydrogens is 302 g/mol. The minimum atomic E-state index is 1.24. The van der Waals surface area contributed by atoms with Crippen LogP contribution in [0.3, 0.4) is 0 Å². The Morgan fingerprint density at radius 3 is 1.76 bits per heavy atom. The average Bonchev–Trinajstić information content (AvgIpc) is 2.68. The van der Waals surface area contributed by atoms with E-state index in [1.165, 1.54) is 38.7 Å². The van der Waals surface area contributed by atoms with Crippen molar-refractivity contribution in [1.82, 2.24) is 0 Å². The highest BCUT2D eigenvalue weighted by molar-refractivity contribution is 5.98. The monoisotopic (exact) mass is 323 g/mol. The lowest BCUT2D eigenvalue weighted by atomic mass is 9.97. The van der Waals surface area contributed by atoms with Crippen LogP contribution in [-0.4, -0.2) is 14.1 Å². The van der Waals surface area contributed by atoms with Crippen molar-refractivity contribution in [2.24, 2.45) is 0 Å². The Kier molecular flexibility index (Phi) is 3.99. The second-order valence-electron chi connectivity index (χ2n) is 6.55. The SMILES string of the molecule is CN(C)c1cc(-c2ccc(-c3ccccc3)cc2)cc2ccccc12. The molecule has 4 rings (SSSR count). The van der Waals surface area contributed by atoms with Gasteiger partial charge in [0, 0.05) is 25.2 Å². The molecule has 0 aliphatic heterocycles. The van der Waals surface area contributed by atoms with E-state index in [4.69, 9.17) is 0 Å². The van der Waals surface area contributed by atoms with E-state index >= 15 is 0 Å². The van der Waals surface area contributed by atoms with E-state index in [9.17, 15) is 0 Å². The molecule has 0 atom stereocenters. The summed E-state index contributed by atoms with van der Waals surface area (Å²) in [6.07, 6.45) is 0. The van der Waals surface area contributed by atoms with Crippen LogP contribution in [0.1, 0.15) is 0 Å². The van der Waals surface area contributed by atoms with E-state index in [-0.39, 0.29) is 0 Å². The zero-order valence-electron chi connectivity index (χ0n) is 14.6. The number of hydrogen-bond donors (Lipinski definition) is 0. The van der Waals surface area contributed by atoms with Crippen LogP contribution in [0, 0.1) is 0 Å². The molecule has 0 saturated carbocycles. The molecule has 0 fully saturated rings. The summed E-state index contributed by atoms with van der Waals surface area (Å²) >= 11 is 0. The summed E-state index contributed by atoms with van der Waals surface area (Å²) in [4.78, 5) is 2.18. The van der Waals surface area contributed by atoms with Gasteiger partial charge in [0.15, 0.2) is 0 Å². The molecular formula is C24H21N. The van der Waals surface area contributed by atoms with E-state index < -0.39 is 0 Å². The molecule has 0 N–H and O–H groups in total. The van der Waals surface area contributed by atoms with Crippen LogP contribution in [-0.2, 0) is 0 Å². The number of nitrogens with zero attached hydrogens (tertiary/aromatic N) is 1. The Morgan fingerprint density at radius 2 is 1.08 bits per heavy atom. The largest absolute Gasteiger partial charge is 0.377 e. The van der Waals surface area contributed by atoms with Gasteiger partial charge in [0.2, 0.25) is 0 Å². The summed E-state index contributed by atoms with van der Waals surface area (Å²) in [6, 6.07) is 32.5. The molecule has 0 saturated heterocycles. The molecule has 0 heterocycles. The van der Waals surface area contributed by atoms with Crippen molar-refractivity contribution in [3.8, 4) is 22.3 Å². The van der Waals surface area contributed by atoms with Gasteiger partial charge in [-0.25, -0.2) is 0 Å². The summed E-state index contributed by atoms with van der Waals surface area (Å²) in [7, 11) is 4.20. The van der Waals surface area contributed by atoms with Gasteiger partial charge in [0.1, 0.15) is 0 Å². The molecule has 1 nitrogen and oxygen atoms in total. The van der Waals surface area contributed by atoms with Gasteiger partial charge in [-0.1, -0.05) is 78.9 Å². The summed E-state index contributed by atoms with van der Waals surface area (Å²) < 4.78 is 0. The zero-order chi connectivity index (χ0) is 17.2. The summed E-state index contributed by atoms with van der Waals surface area (Å²) in [5.41, 5.74) is 6.25. The van der Waals surface area contributed by atoms with Crippen LogP contribution in [0.4, 0.5) is 5.69 Å². The first-order valence-electron chi connectivity index (χ1n) is 8.58. The van der Waals surface area contributed by atoms with Crippen molar-refractivity contribution in [1.29, 1.82) is 0 Å². The van der Waals surface area contributed by atoms with Gasteiger partial charge in [-0.15, -0.1) is 0 Å². The Hall–Kier alpha value is -3.06. The first-order chi connectivity index (χ1) is 12.2. The molecule has 0 amide bonds. The van der Waals surface area contributed by atoms with Crippen LogP contribution in [0.5, 0.6) is 0 Å². The van der Waals surface area contributed by atoms with Crippen LogP contribution >= 0.6 is 0 Å². The topological polar surface area (TPSA) is 3.24 Å².